The van der Waals surface area contributed by atoms with E-state index in [1.54, 1.807) is 49.4 Å². The minimum Gasteiger partial charge on any atom is -0.870 e. The minimum absolute atomic E-state index is 0. The van der Waals surface area contributed by atoms with Crippen molar-refractivity contribution < 1.29 is 57.2 Å². The van der Waals surface area contributed by atoms with Gasteiger partial charge in [-0.05, 0) is 55.1 Å². The van der Waals surface area contributed by atoms with E-state index in [-0.39, 0.29) is 62.2 Å². The molecule has 0 aliphatic heterocycles. The number of ether oxygens (including phenoxy) is 1. The van der Waals surface area contributed by atoms with E-state index in [9.17, 15) is 22.9 Å². The van der Waals surface area contributed by atoms with Crippen LogP contribution in [-0.4, -0.2) is 25.5 Å². The Morgan fingerprint density at radius 3 is 2.49 bits per heavy atom. The number of benzene rings is 4. The Bertz CT molecular complexity index is 1710. The molecule has 0 unspecified atom stereocenters. The van der Waals surface area contributed by atoms with Crippen LogP contribution in [0.4, 0.5) is 17.1 Å². The number of para-hydroxylation sites is 1. The van der Waals surface area contributed by atoms with Crippen LogP contribution in [0, 0.1) is 6.92 Å². The van der Waals surface area contributed by atoms with Crippen LogP contribution in [0.15, 0.2) is 75.8 Å². The largest absolute Gasteiger partial charge is 1.00 e. The zero-order chi connectivity index (χ0) is 27.6. The number of rotatable bonds is 7. The van der Waals surface area contributed by atoms with Crippen molar-refractivity contribution in [1.82, 2.24) is 0 Å². The SMILES string of the molecule is CCOc1cccc(Cl)c1NC(=O)c1cc2ccccc2c(N=Nc2cc(C)c(Cl)c(S(=O)(=O)O)c2)c1[O-].[Na+]. The molecule has 0 heterocycles. The maximum atomic E-state index is 13.4. The molecular formula is C26H20Cl2N3NaO6S. The number of carbonyl (C=O) groups excluding carboxylic acids is 1. The maximum Gasteiger partial charge on any atom is 1.00 e. The number of amides is 1. The van der Waals surface area contributed by atoms with Gasteiger partial charge in [-0.2, -0.15) is 18.6 Å². The standard InChI is InChI=1S/C26H21Cl2N3O6S.Na/c1-3-37-20-10-6-9-19(27)24(20)29-26(33)18-12-15-7-4-5-8-17(15)23(25(18)32)31-30-16-11-14(2)22(28)21(13-16)38(34,35)36;/h4-13,32H,3H2,1-2H3,(H,29,33)(H,34,35,36);/q;+1/p-1. The summed E-state index contributed by atoms with van der Waals surface area (Å²) in [6.07, 6.45) is 0. The molecule has 196 valence electrons. The van der Waals surface area contributed by atoms with Gasteiger partial charge in [0.2, 0.25) is 0 Å². The molecule has 13 heteroatoms. The van der Waals surface area contributed by atoms with Crippen molar-refractivity contribution in [2.75, 3.05) is 11.9 Å². The zero-order valence-corrected chi connectivity index (χ0v) is 25.4. The summed E-state index contributed by atoms with van der Waals surface area (Å²) < 4.78 is 38.4. The van der Waals surface area contributed by atoms with Crippen LogP contribution in [0.2, 0.25) is 10.0 Å². The number of hydrogen-bond acceptors (Lipinski definition) is 7. The second-order valence-electron chi connectivity index (χ2n) is 8.07. The fourth-order valence-electron chi connectivity index (χ4n) is 3.73. The van der Waals surface area contributed by atoms with Gasteiger partial charge < -0.3 is 15.2 Å². The van der Waals surface area contributed by atoms with Crippen molar-refractivity contribution in [3.8, 4) is 11.5 Å². The van der Waals surface area contributed by atoms with E-state index in [1.165, 1.54) is 19.1 Å². The monoisotopic (exact) mass is 595 g/mol. The van der Waals surface area contributed by atoms with E-state index in [0.717, 1.165) is 6.07 Å². The predicted molar refractivity (Wildman–Crippen MR) is 144 cm³/mol. The summed E-state index contributed by atoms with van der Waals surface area (Å²) in [6, 6.07) is 15.6. The molecular weight excluding hydrogens is 576 g/mol. The smallest absolute Gasteiger partial charge is 0.870 e. The van der Waals surface area contributed by atoms with E-state index >= 15 is 0 Å². The van der Waals surface area contributed by atoms with Crippen LogP contribution in [0.5, 0.6) is 11.5 Å². The van der Waals surface area contributed by atoms with Gasteiger partial charge >= 0.3 is 29.6 Å². The number of nitrogens with zero attached hydrogens (tertiary/aromatic N) is 2. The molecule has 4 aromatic carbocycles. The molecule has 9 nitrogen and oxygen atoms in total. The van der Waals surface area contributed by atoms with Gasteiger partial charge in [-0.15, -0.1) is 0 Å². The molecule has 0 aromatic heterocycles. The van der Waals surface area contributed by atoms with Crippen molar-refractivity contribution in [2.24, 2.45) is 10.2 Å². The van der Waals surface area contributed by atoms with Crippen LogP contribution >= 0.6 is 23.2 Å². The number of nitrogens with one attached hydrogen (secondary N) is 1. The molecule has 4 rings (SSSR count). The van der Waals surface area contributed by atoms with Gasteiger partial charge in [0.05, 0.1) is 28.0 Å². The number of fused-ring (bicyclic) bond motifs is 1. The number of azo groups is 1. The molecule has 0 atom stereocenters. The first-order chi connectivity index (χ1) is 18.0. The molecule has 0 saturated carbocycles. The van der Waals surface area contributed by atoms with E-state index < -0.39 is 26.7 Å². The Kier molecular flexibility index (Phi) is 10.0. The summed E-state index contributed by atoms with van der Waals surface area (Å²) >= 11 is 12.3. The van der Waals surface area contributed by atoms with Crippen molar-refractivity contribution in [3.05, 3.63) is 81.8 Å². The Morgan fingerprint density at radius 2 is 1.79 bits per heavy atom. The zero-order valence-electron chi connectivity index (χ0n) is 21.0. The molecule has 1 amide bonds. The minimum atomic E-state index is -4.63. The third-order valence-electron chi connectivity index (χ3n) is 5.48. The Balaban J connectivity index is 0.00000420. The summed E-state index contributed by atoms with van der Waals surface area (Å²) in [6.45, 7) is 3.64. The molecule has 39 heavy (non-hydrogen) atoms. The summed E-state index contributed by atoms with van der Waals surface area (Å²) in [5.74, 6) is -1.10. The Morgan fingerprint density at radius 1 is 1.08 bits per heavy atom. The fourth-order valence-corrected chi connectivity index (χ4v) is 5.00. The first-order valence-corrected chi connectivity index (χ1v) is 13.4. The third-order valence-corrected chi connectivity index (χ3v) is 7.29. The summed E-state index contributed by atoms with van der Waals surface area (Å²) in [4.78, 5) is 12.7. The number of aryl methyl sites for hydroxylation is 1. The first-order valence-electron chi connectivity index (χ1n) is 11.2. The summed E-state index contributed by atoms with van der Waals surface area (Å²) in [5.41, 5.74) is 0.201. The number of halogens is 2. The number of hydrogen-bond donors (Lipinski definition) is 2. The normalized spacial score (nSPS) is 11.4. The second-order valence-corrected chi connectivity index (χ2v) is 10.2. The molecule has 0 saturated heterocycles. The van der Waals surface area contributed by atoms with Crippen molar-refractivity contribution in [3.63, 3.8) is 0 Å². The van der Waals surface area contributed by atoms with Crippen LogP contribution in [0.3, 0.4) is 0 Å². The average Bonchev–Trinajstić information content (AvgIpc) is 2.86. The van der Waals surface area contributed by atoms with E-state index in [4.69, 9.17) is 27.9 Å². The van der Waals surface area contributed by atoms with Crippen molar-refractivity contribution >= 4 is 67.1 Å². The molecule has 0 aliphatic carbocycles. The quantitative estimate of drug-likeness (QED) is 0.189. The van der Waals surface area contributed by atoms with E-state index in [1.807, 2.05) is 0 Å². The van der Waals surface area contributed by atoms with Gasteiger partial charge in [0.15, 0.2) is 0 Å². The van der Waals surface area contributed by atoms with Gasteiger partial charge in [0, 0.05) is 10.9 Å². The number of anilines is 1. The third kappa shape index (κ3) is 6.72. The van der Waals surface area contributed by atoms with Gasteiger partial charge in [0.1, 0.15) is 16.3 Å². The van der Waals surface area contributed by atoms with Crippen LogP contribution in [-0.2, 0) is 10.1 Å². The molecule has 0 aliphatic rings. The van der Waals surface area contributed by atoms with Crippen LogP contribution in [0.25, 0.3) is 10.8 Å². The van der Waals surface area contributed by atoms with Crippen LogP contribution < -0.4 is 44.7 Å². The van der Waals surface area contributed by atoms with Gasteiger partial charge in [0.25, 0.3) is 16.0 Å². The molecule has 0 fully saturated rings. The van der Waals surface area contributed by atoms with Crippen LogP contribution in [0.1, 0.15) is 22.8 Å². The van der Waals surface area contributed by atoms with Gasteiger partial charge in [-0.25, -0.2) is 0 Å². The Labute approximate surface area is 256 Å². The maximum absolute atomic E-state index is 13.4. The van der Waals surface area contributed by atoms with Gasteiger partial charge in [-0.3, -0.25) is 9.35 Å². The average molecular weight is 596 g/mol. The second kappa shape index (κ2) is 12.6. The van der Waals surface area contributed by atoms with E-state index in [2.05, 4.69) is 15.5 Å². The molecule has 2 N–H and O–H groups in total. The Hall–Kier alpha value is -2.70. The van der Waals surface area contributed by atoms with E-state index in [0.29, 0.717) is 28.7 Å². The van der Waals surface area contributed by atoms with Crippen molar-refractivity contribution in [1.29, 1.82) is 0 Å². The van der Waals surface area contributed by atoms with Gasteiger partial charge in [-0.1, -0.05) is 59.3 Å². The summed E-state index contributed by atoms with van der Waals surface area (Å²) in [7, 11) is -4.63. The fraction of sp³-hybridized carbons (Fsp3) is 0.115. The topological polar surface area (TPSA) is 140 Å². The molecule has 0 spiro atoms. The predicted octanol–water partition coefficient (Wildman–Crippen LogP) is 3.85. The number of carbonyl (C=O) groups is 1. The molecule has 4 aromatic rings. The van der Waals surface area contributed by atoms with Crippen molar-refractivity contribution in [2.45, 2.75) is 18.7 Å². The first kappa shape index (κ1) is 30.8. The summed E-state index contributed by atoms with van der Waals surface area (Å²) in [5, 5.41) is 25.2. The molecule has 0 radical (unpaired) electrons. The molecule has 0 bridgehead atoms.